The molecule has 0 aliphatic carbocycles. The molecule has 0 radical (unpaired) electrons. The molecule has 0 aliphatic heterocycles. The van der Waals surface area contributed by atoms with Crippen molar-refractivity contribution in [2.45, 2.75) is 32.4 Å². The molecule has 0 aromatic heterocycles. The monoisotopic (exact) mass is 234 g/mol. The molecule has 0 heterocycles. The summed E-state index contributed by atoms with van der Waals surface area (Å²) < 4.78 is 46.2. The van der Waals surface area contributed by atoms with Crippen LogP contribution in [0, 0.1) is 5.92 Å². The van der Waals surface area contributed by atoms with Gasteiger partial charge < -0.3 is 9.79 Å². The third kappa shape index (κ3) is 8.53. The van der Waals surface area contributed by atoms with Crippen LogP contribution in [-0.2, 0) is 4.57 Å². The van der Waals surface area contributed by atoms with Gasteiger partial charge in [-0.2, -0.15) is 13.2 Å². The molecular weight excluding hydrogens is 220 g/mol. The van der Waals surface area contributed by atoms with Crippen molar-refractivity contribution < 1.29 is 27.5 Å². The van der Waals surface area contributed by atoms with Gasteiger partial charge in [0.05, 0.1) is 6.16 Å². The maximum absolute atomic E-state index is 11.9. The van der Waals surface area contributed by atoms with Crippen molar-refractivity contribution in [3.8, 4) is 0 Å². The van der Waals surface area contributed by atoms with Gasteiger partial charge in [0, 0.05) is 6.42 Å². The SMILES string of the molecule is CCC(CCP(=O)(O)O)CC(F)(F)F. The van der Waals surface area contributed by atoms with Gasteiger partial charge in [0.25, 0.3) is 0 Å². The summed E-state index contributed by atoms with van der Waals surface area (Å²) in [6.45, 7) is 1.58. The fourth-order valence-corrected chi connectivity index (χ4v) is 1.83. The van der Waals surface area contributed by atoms with Crippen LogP contribution in [0.15, 0.2) is 0 Å². The van der Waals surface area contributed by atoms with Gasteiger partial charge in [0.15, 0.2) is 0 Å². The van der Waals surface area contributed by atoms with Crippen molar-refractivity contribution in [2.75, 3.05) is 6.16 Å². The van der Waals surface area contributed by atoms with Crippen LogP contribution in [-0.4, -0.2) is 22.1 Å². The molecule has 7 heteroatoms. The summed E-state index contributed by atoms with van der Waals surface area (Å²) >= 11 is 0. The van der Waals surface area contributed by atoms with Gasteiger partial charge in [-0.25, -0.2) is 0 Å². The van der Waals surface area contributed by atoms with E-state index in [0.29, 0.717) is 0 Å². The van der Waals surface area contributed by atoms with E-state index in [2.05, 4.69) is 0 Å². The second-order valence-corrected chi connectivity index (χ2v) is 5.05. The molecule has 0 fully saturated rings. The summed E-state index contributed by atoms with van der Waals surface area (Å²) in [5.74, 6) is -0.692. The Hall–Kier alpha value is -0.0600. The molecular formula is C7H14F3O3P. The minimum Gasteiger partial charge on any atom is -0.324 e. The Morgan fingerprint density at radius 1 is 1.36 bits per heavy atom. The third-order valence-corrected chi connectivity index (χ3v) is 2.77. The molecule has 0 saturated heterocycles. The zero-order valence-corrected chi connectivity index (χ0v) is 8.68. The van der Waals surface area contributed by atoms with Crippen LogP contribution in [0.2, 0.25) is 0 Å². The topological polar surface area (TPSA) is 57.5 Å². The molecule has 86 valence electrons. The first-order valence-electron chi connectivity index (χ1n) is 4.25. The molecule has 0 rings (SSSR count). The van der Waals surface area contributed by atoms with Crippen LogP contribution in [0.5, 0.6) is 0 Å². The van der Waals surface area contributed by atoms with Crippen LogP contribution < -0.4 is 0 Å². The highest BCUT2D eigenvalue weighted by Gasteiger charge is 2.31. The van der Waals surface area contributed by atoms with E-state index in [1.807, 2.05) is 0 Å². The number of hydrogen-bond acceptors (Lipinski definition) is 1. The summed E-state index contributed by atoms with van der Waals surface area (Å²) in [6.07, 6.45) is -5.50. The molecule has 0 bridgehead atoms. The van der Waals surface area contributed by atoms with Crippen molar-refractivity contribution >= 4 is 7.60 Å². The van der Waals surface area contributed by atoms with Crippen molar-refractivity contribution in [3.05, 3.63) is 0 Å². The molecule has 0 aromatic carbocycles. The first-order valence-corrected chi connectivity index (χ1v) is 6.05. The average molecular weight is 234 g/mol. The van der Waals surface area contributed by atoms with E-state index in [9.17, 15) is 17.7 Å². The van der Waals surface area contributed by atoms with E-state index in [4.69, 9.17) is 9.79 Å². The summed E-state index contributed by atoms with van der Waals surface area (Å²) in [5.41, 5.74) is 0. The first kappa shape index (κ1) is 13.9. The molecule has 1 unspecified atom stereocenters. The van der Waals surface area contributed by atoms with Gasteiger partial charge in [-0.15, -0.1) is 0 Å². The molecule has 1 atom stereocenters. The van der Waals surface area contributed by atoms with Gasteiger partial charge in [0.2, 0.25) is 0 Å². The normalized spacial score (nSPS) is 15.6. The molecule has 3 nitrogen and oxygen atoms in total. The largest absolute Gasteiger partial charge is 0.389 e. The van der Waals surface area contributed by atoms with Crippen LogP contribution in [0.25, 0.3) is 0 Å². The Bertz CT molecular complexity index is 211. The Morgan fingerprint density at radius 2 is 1.86 bits per heavy atom. The zero-order chi connectivity index (χ0) is 11.4. The third-order valence-electron chi connectivity index (χ3n) is 1.93. The van der Waals surface area contributed by atoms with Gasteiger partial charge in [-0.1, -0.05) is 13.3 Å². The number of rotatable bonds is 5. The van der Waals surface area contributed by atoms with Crippen LogP contribution in [0.3, 0.4) is 0 Å². The molecule has 0 aliphatic rings. The van der Waals surface area contributed by atoms with E-state index >= 15 is 0 Å². The maximum Gasteiger partial charge on any atom is 0.389 e. The van der Waals surface area contributed by atoms with Crippen molar-refractivity contribution in [1.82, 2.24) is 0 Å². The van der Waals surface area contributed by atoms with Crippen LogP contribution in [0.1, 0.15) is 26.2 Å². The Labute approximate surface area is 80.5 Å². The van der Waals surface area contributed by atoms with Crippen molar-refractivity contribution in [3.63, 3.8) is 0 Å². The first-order chi connectivity index (χ1) is 6.14. The second-order valence-electron chi connectivity index (χ2n) is 3.27. The van der Waals surface area contributed by atoms with Gasteiger partial charge in [-0.05, 0) is 12.3 Å². The van der Waals surface area contributed by atoms with Gasteiger partial charge in [-0.3, -0.25) is 4.57 Å². The summed E-state index contributed by atoms with van der Waals surface area (Å²) in [5, 5.41) is 0. The average Bonchev–Trinajstić information content (AvgIpc) is 1.94. The minimum absolute atomic E-state index is 0.0830. The smallest absolute Gasteiger partial charge is 0.324 e. The van der Waals surface area contributed by atoms with Crippen molar-refractivity contribution in [1.29, 1.82) is 0 Å². The molecule has 0 aromatic rings. The second kappa shape index (κ2) is 5.14. The predicted octanol–water partition coefficient (Wildman–Crippen LogP) is 2.53. The van der Waals surface area contributed by atoms with E-state index in [1.54, 1.807) is 6.92 Å². The zero-order valence-electron chi connectivity index (χ0n) is 7.79. The van der Waals surface area contributed by atoms with E-state index in [-0.39, 0.29) is 12.8 Å². The quantitative estimate of drug-likeness (QED) is 0.718. The lowest BCUT2D eigenvalue weighted by atomic mass is 9.99. The molecule has 2 N–H and O–H groups in total. The highest BCUT2D eigenvalue weighted by Crippen LogP contribution is 2.38. The Morgan fingerprint density at radius 3 is 2.14 bits per heavy atom. The molecule has 14 heavy (non-hydrogen) atoms. The fraction of sp³-hybridized carbons (Fsp3) is 1.00. The summed E-state index contributed by atoms with van der Waals surface area (Å²) in [4.78, 5) is 17.0. The van der Waals surface area contributed by atoms with E-state index < -0.39 is 32.3 Å². The minimum atomic E-state index is -4.25. The summed E-state index contributed by atoms with van der Waals surface area (Å²) in [6, 6.07) is 0. The number of halogens is 3. The van der Waals surface area contributed by atoms with Gasteiger partial charge in [0.1, 0.15) is 0 Å². The van der Waals surface area contributed by atoms with Gasteiger partial charge >= 0.3 is 13.8 Å². The maximum atomic E-state index is 11.9. The lowest BCUT2D eigenvalue weighted by Gasteiger charge is -2.16. The molecule has 0 saturated carbocycles. The lowest BCUT2D eigenvalue weighted by Crippen LogP contribution is -2.15. The lowest BCUT2D eigenvalue weighted by molar-refractivity contribution is -0.144. The highest BCUT2D eigenvalue weighted by atomic mass is 31.2. The Kier molecular flexibility index (Phi) is 5.12. The van der Waals surface area contributed by atoms with Crippen LogP contribution >= 0.6 is 7.60 Å². The van der Waals surface area contributed by atoms with Crippen LogP contribution in [0.4, 0.5) is 13.2 Å². The highest BCUT2D eigenvalue weighted by molar-refractivity contribution is 7.51. The molecule has 0 spiro atoms. The van der Waals surface area contributed by atoms with E-state index in [0.717, 1.165) is 0 Å². The van der Waals surface area contributed by atoms with E-state index in [1.165, 1.54) is 0 Å². The predicted molar refractivity (Wildman–Crippen MR) is 46.0 cm³/mol. The Balaban J connectivity index is 3.99. The van der Waals surface area contributed by atoms with Crippen molar-refractivity contribution in [2.24, 2.45) is 5.92 Å². The molecule has 0 amide bonds. The summed E-state index contributed by atoms with van der Waals surface area (Å²) in [7, 11) is -4.17. The number of alkyl halides is 3. The number of hydrogen-bond donors (Lipinski definition) is 2. The standard InChI is InChI=1S/C7H14F3O3P/c1-2-6(5-7(8,9)10)3-4-14(11,12)13/h6H,2-5H2,1H3,(H2,11,12,13). The fourth-order valence-electron chi connectivity index (χ4n) is 1.13.